The van der Waals surface area contributed by atoms with Gasteiger partial charge in [-0.3, -0.25) is 10.1 Å². The normalized spacial score (nSPS) is 19.6. The Morgan fingerprint density at radius 3 is 2.35 bits per heavy atom. The van der Waals surface area contributed by atoms with E-state index < -0.39 is 22.8 Å². The van der Waals surface area contributed by atoms with Gasteiger partial charge in [-0.1, -0.05) is 18.6 Å². The number of benzene rings is 1. The first-order valence-electron chi connectivity index (χ1n) is 10.6. The molecule has 8 nitrogen and oxygen atoms in total. The maximum Gasteiger partial charge on any atom is 0.337 e. The summed E-state index contributed by atoms with van der Waals surface area (Å²) < 4.78 is 11.1. The van der Waals surface area contributed by atoms with Gasteiger partial charge >= 0.3 is 11.9 Å². The van der Waals surface area contributed by atoms with Crippen LogP contribution in [0.15, 0.2) is 46.8 Å². The smallest absolute Gasteiger partial charge is 0.337 e. The summed E-state index contributed by atoms with van der Waals surface area (Å²) in [6.45, 7) is 5.34. The number of allylic oxidation sites excluding steroid dienone is 2. The summed E-state index contributed by atoms with van der Waals surface area (Å²) in [4.78, 5) is 37.0. The average Bonchev–Trinajstić information content (AvgIpc) is 2.74. The van der Waals surface area contributed by atoms with Crippen molar-refractivity contribution in [3.63, 3.8) is 0 Å². The molecule has 0 aromatic heterocycles. The molecule has 31 heavy (non-hydrogen) atoms. The van der Waals surface area contributed by atoms with E-state index in [-0.39, 0.29) is 29.5 Å². The standard InChI is InChI=1S/C23H28N2O6/c1-4-30-22(26)19-14(2)24-15(3)20(23(27)31-18-11-6-5-7-12-18)21(19)16-9-8-10-17(13-16)25(28)29/h8-10,13,18,21,24H,4-7,11-12H2,1-3H3. The fraction of sp³-hybridized carbons (Fsp3) is 0.478. The Morgan fingerprint density at radius 1 is 1.10 bits per heavy atom. The highest BCUT2D eigenvalue weighted by molar-refractivity contribution is 6.00. The van der Waals surface area contributed by atoms with Crippen molar-refractivity contribution in [1.29, 1.82) is 0 Å². The lowest BCUT2D eigenvalue weighted by molar-refractivity contribution is -0.384. The monoisotopic (exact) mass is 428 g/mol. The summed E-state index contributed by atoms with van der Waals surface area (Å²) in [5.74, 6) is -1.90. The van der Waals surface area contributed by atoms with Gasteiger partial charge in [-0.05, 0) is 52.0 Å². The molecule has 1 saturated carbocycles. The molecular weight excluding hydrogens is 400 g/mol. The van der Waals surface area contributed by atoms with E-state index in [9.17, 15) is 19.7 Å². The molecule has 1 atom stereocenters. The fourth-order valence-electron chi connectivity index (χ4n) is 4.29. The van der Waals surface area contributed by atoms with Crippen LogP contribution in [0.5, 0.6) is 0 Å². The minimum absolute atomic E-state index is 0.116. The van der Waals surface area contributed by atoms with E-state index in [2.05, 4.69) is 5.32 Å². The molecule has 0 saturated heterocycles. The third-order valence-electron chi connectivity index (χ3n) is 5.72. The largest absolute Gasteiger partial charge is 0.463 e. The Morgan fingerprint density at radius 2 is 1.74 bits per heavy atom. The molecule has 1 N–H and O–H groups in total. The Kier molecular flexibility index (Phi) is 7.09. The van der Waals surface area contributed by atoms with Crippen molar-refractivity contribution in [2.75, 3.05) is 6.61 Å². The van der Waals surface area contributed by atoms with Crippen molar-refractivity contribution in [2.45, 2.75) is 64.9 Å². The third kappa shape index (κ3) is 4.95. The number of non-ortho nitro benzene ring substituents is 1. The summed E-state index contributed by atoms with van der Waals surface area (Å²) in [5, 5.41) is 14.4. The van der Waals surface area contributed by atoms with E-state index in [1.165, 1.54) is 12.1 Å². The van der Waals surface area contributed by atoms with Gasteiger partial charge in [0.15, 0.2) is 0 Å². The van der Waals surface area contributed by atoms with Crippen LogP contribution >= 0.6 is 0 Å². The maximum atomic E-state index is 13.3. The van der Waals surface area contributed by atoms with Crippen LogP contribution in [0.1, 0.15) is 64.4 Å². The second kappa shape index (κ2) is 9.76. The predicted octanol–water partition coefficient (Wildman–Crippen LogP) is 4.27. The number of carbonyl (C=O) groups is 2. The average molecular weight is 428 g/mol. The lowest BCUT2D eigenvalue weighted by atomic mass is 9.80. The lowest BCUT2D eigenvalue weighted by Crippen LogP contribution is -2.34. The summed E-state index contributed by atoms with van der Waals surface area (Å²) >= 11 is 0. The molecule has 0 radical (unpaired) electrons. The van der Waals surface area contributed by atoms with Gasteiger partial charge in [-0.2, -0.15) is 0 Å². The van der Waals surface area contributed by atoms with E-state index in [1.54, 1.807) is 32.9 Å². The van der Waals surface area contributed by atoms with Gasteiger partial charge in [0.05, 0.1) is 28.6 Å². The number of hydrogen-bond donors (Lipinski definition) is 1. The number of rotatable bonds is 6. The minimum atomic E-state index is -0.823. The van der Waals surface area contributed by atoms with E-state index >= 15 is 0 Å². The molecular formula is C23H28N2O6. The van der Waals surface area contributed by atoms with Gasteiger partial charge < -0.3 is 14.8 Å². The minimum Gasteiger partial charge on any atom is -0.463 e. The van der Waals surface area contributed by atoms with E-state index in [1.807, 2.05) is 0 Å². The van der Waals surface area contributed by atoms with Crippen LogP contribution in [0.2, 0.25) is 0 Å². The second-order valence-corrected chi connectivity index (χ2v) is 7.87. The molecule has 0 spiro atoms. The third-order valence-corrected chi connectivity index (χ3v) is 5.72. The summed E-state index contributed by atoms with van der Waals surface area (Å²) in [6, 6.07) is 6.00. The second-order valence-electron chi connectivity index (χ2n) is 7.87. The molecule has 1 aromatic rings. The van der Waals surface area contributed by atoms with Crippen LogP contribution in [-0.4, -0.2) is 29.6 Å². The van der Waals surface area contributed by atoms with Crippen molar-refractivity contribution < 1.29 is 24.0 Å². The predicted molar refractivity (Wildman–Crippen MR) is 114 cm³/mol. The van der Waals surface area contributed by atoms with Crippen LogP contribution in [0.4, 0.5) is 5.69 Å². The molecule has 166 valence electrons. The van der Waals surface area contributed by atoms with Gasteiger partial charge in [0.1, 0.15) is 6.10 Å². The van der Waals surface area contributed by atoms with Crippen molar-refractivity contribution >= 4 is 17.6 Å². The Hall–Kier alpha value is -3.16. The first-order chi connectivity index (χ1) is 14.8. The van der Waals surface area contributed by atoms with Crippen LogP contribution < -0.4 is 5.32 Å². The van der Waals surface area contributed by atoms with Crippen molar-refractivity contribution in [3.05, 3.63) is 62.5 Å². The maximum absolute atomic E-state index is 13.3. The number of esters is 2. The first-order valence-corrected chi connectivity index (χ1v) is 10.6. The number of nitro groups is 1. The molecule has 8 heteroatoms. The molecule has 1 aliphatic heterocycles. The summed E-state index contributed by atoms with van der Waals surface area (Å²) in [5.41, 5.74) is 1.98. The number of nitro benzene ring substituents is 1. The van der Waals surface area contributed by atoms with Gasteiger partial charge in [0.25, 0.3) is 5.69 Å². The van der Waals surface area contributed by atoms with Crippen LogP contribution in [0, 0.1) is 10.1 Å². The highest BCUT2D eigenvalue weighted by atomic mass is 16.6. The Labute approximate surface area is 181 Å². The van der Waals surface area contributed by atoms with E-state index in [0.29, 0.717) is 17.0 Å². The number of dihydropyridines is 1. The van der Waals surface area contributed by atoms with Crippen molar-refractivity contribution in [2.24, 2.45) is 0 Å². The SMILES string of the molecule is CCOC(=O)C1=C(C)NC(C)=C(C(=O)OC2CCCCC2)C1c1cccc([N+](=O)[O-])c1. The molecule has 1 aromatic carbocycles. The number of nitrogens with one attached hydrogen (secondary N) is 1. The molecule has 2 aliphatic rings. The molecule has 0 amide bonds. The zero-order valence-corrected chi connectivity index (χ0v) is 18.1. The first kappa shape index (κ1) is 22.5. The molecule has 1 fully saturated rings. The number of hydrogen-bond acceptors (Lipinski definition) is 7. The summed E-state index contributed by atoms with van der Waals surface area (Å²) in [6.07, 6.45) is 4.61. The van der Waals surface area contributed by atoms with Crippen LogP contribution in [0.3, 0.4) is 0 Å². The van der Waals surface area contributed by atoms with Gasteiger partial charge in [-0.25, -0.2) is 9.59 Å². The summed E-state index contributed by atoms with van der Waals surface area (Å²) in [7, 11) is 0. The van der Waals surface area contributed by atoms with Gasteiger partial charge in [0, 0.05) is 23.5 Å². The number of nitrogens with zero attached hydrogens (tertiary/aromatic N) is 1. The highest BCUT2D eigenvalue weighted by Crippen LogP contribution is 2.40. The van der Waals surface area contributed by atoms with Crippen molar-refractivity contribution in [1.82, 2.24) is 5.32 Å². The number of carbonyl (C=O) groups excluding carboxylic acids is 2. The Bertz CT molecular complexity index is 943. The highest BCUT2D eigenvalue weighted by Gasteiger charge is 2.39. The molecule has 1 aliphatic carbocycles. The van der Waals surface area contributed by atoms with Gasteiger partial charge in [-0.15, -0.1) is 0 Å². The van der Waals surface area contributed by atoms with E-state index in [4.69, 9.17) is 9.47 Å². The van der Waals surface area contributed by atoms with Gasteiger partial charge in [0.2, 0.25) is 0 Å². The fourth-order valence-corrected chi connectivity index (χ4v) is 4.29. The zero-order valence-electron chi connectivity index (χ0n) is 18.1. The lowest BCUT2D eigenvalue weighted by Gasteiger charge is -2.31. The topological polar surface area (TPSA) is 108 Å². The van der Waals surface area contributed by atoms with Crippen LogP contribution in [0.25, 0.3) is 0 Å². The van der Waals surface area contributed by atoms with E-state index in [0.717, 1.165) is 32.1 Å². The number of ether oxygens (including phenoxy) is 2. The Balaban J connectivity index is 2.06. The molecule has 0 bridgehead atoms. The van der Waals surface area contributed by atoms with Crippen LogP contribution in [-0.2, 0) is 19.1 Å². The molecule has 1 unspecified atom stereocenters. The molecule has 3 rings (SSSR count). The van der Waals surface area contributed by atoms with Crippen molar-refractivity contribution in [3.8, 4) is 0 Å². The quantitative estimate of drug-likeness (QED) is 0.409. The zero-order chi connectivity index (χ0) is 22.5. The molecule has 1 heterocycles.